The zero-order valence-corrected chi connectivity index (χ0v) is 13.7. The molecule has 1 amide bonds. The molecule has 1 aromatic heterocycles. The molecule has 0 saturated heterocycles. The molecule has 2 N–H and O–H groups in total. The quantitative estimate of drug-likeness (QED) is 0.820. The molecule has 0 bridgehead atoms. The highest BCUT2D eigenvalue weighted by Gasteiger charge is 2.13. The number of anilines is 2. The van der Waals surface area contributed by atoms with E-state index in [1.165, 1.54) is 0 Å². The number of nitrogens with zero attached hydrogens (tertiary/aromatic N) is 2. The topological polar surface area (TPSA) is 76.1 Å². The second kappa shape index (κ2) is 8.12. The molecule has 6 heteroatoms. The fraction of sp³-hybridized carbons (Fsp3) is 0.353. The molecule has 2 rings (SSSR count). The summed E-state index contributed by atoms with van der Waals surface area (Å²) in [6, 6.07) is 8.99. The van der Waals surface area contributed by atoms with Crippen LogP contribution >= 0.6 is 0 Å². The lowest BCUT2D eigenvalue weighted by Gasteiger charge is -2.12. The van der Waals surface area contributed by atoms with Crippen LogP contribution in [0.3, 0.4) is 0 Å². The molecule has 1 aromatic carbocycles. The summed E-state index contributed by atoms with van der Waals surface area (Å²) >= 11 is 0. The summed E-state index contributed by atoms with van der Waals surface area (Å²) in [4.78, 5) is 21.0. The Labute approximate surface area is 136 Å². The number of carbonyl (C=O) groups excluding carboxylic acids is 1. The normalized spacial score (nSPS) is 10.2. The van der Waals surface area contributed by atoms with Gasteiger partial charge in [-0.25, -0.2) is 9.97 Å². The van der Waals surface area contributed by atoms with Crippen molar-refractivity contribution in [2.75, 3.05) is 23.8 Å². The van der Waals surface area contributed by atoms with Gasteiger partial charge in [-0.2, -0.15) is 0 Å². The molecule has 0 radical (unpaired) electrons. The number of carbonyl (C=O) groups is 1. The van der Waals surface area contributed by atoms with E-state index in [9.17, 15) is 4.79 Å². The molecule has 0 spiro atoms. The first-order valence-corrected chi connectivity index (χ1v) is 7.76. The van der Waals surface area contributed by atoms with Crippen LogP contribution in [0.4, 0.5) is 11.6 Å². The van der Waals surface area contributed by atoms with Gasteiger partial charge in [0.2, 0.25) is 5.95 Å². The highest BCUT2D eigenvalue weighted by molar-refractivity contribution is 6.03. The Morgan fingerprint density at radius 1 is 1.22 bits per heavy atom. The van der Waals surface area contributed by atoms with Crippen molar-refractivity contribution in [3.8, 4) is 5.75 Å². The van der Waals surface area contributed by atoms with Crippen LogP contribution in [0, 0.1) is 6.92 Å². The third kappa shape index (κ3) is 4.67. The van der Waals surface area contributed by atoms with Crippen LogP contribution in [0.15, 0.2) is 30.3 Å². The number of ether oxygens (including phenoxy) is 1. The summed E-state index contributed by atoms with van der Waals surface area (Å²) in [7, 11) is 0. The predicted octanol–water partition coefficient (Wildman–Crippen LogP) is 3.26. The van der Waals surface area contributed by atoms with Gasteiger partial charge in [-0.1, -0.05) is 19.1 Å². The van der Waals surface area contributed by atoms with E-state index >= 15 is 0 Å². The van der Waals surface area contributed by atoms with E-state index in [0.717, 1.165) is 18.7 Å². The van der Waals surface area contributed by atoms with Crippen molar-refractivity contribution in [1.29, 1.82) is 0 Å². The molecule has 0 aliphatic rings. The van der Waals surface area contributed by atoms with Gasteiger partial charge in [0.25, 0.3) is 5.91 Å². The van der Waals surface area contributed by atoms with Crippen LogP contribution in [-0.4, -0.2) is 29.0 Å². The van der Waals surface area contributed by atoms with Gasteiger partial charge in [-0.3, -0.25) is 4.79 Å². The maximum atomic E-state index is 12.5. The molecule has 1 heterocycles. The Morgan fingerprint density at radius 2 is 2.00 bits per heavy atom. The summed E-state index contributed by atoms with van der Waals surface area (Å²) in [6.07, 6.45) is 0.959. The van der Waals surface area contributed by atoms with Crippen molar-refractivity contribution in [2.45, 2.75) is 27.2 Å². The molecule has 0 atom stereocenters. The maximum Gasteiger partial charge on any atom is 0.274 e. The molecule has 0 unspecified atom stereocenters. The Balaban J connectivity index is 2.19. The number of hydrogen-bond donors (Lipinski definition) is 2. The van der Waals surface area contributed by atoms with Crippen LogP contribution in [0.1, 0.15) is 36.5 Å². The van der Waals surface area contributed by atoms with Crippen molar-refractivity contribution in [3.63, 3.8) is 0 Å². The van der Waals surface area contributed by atoms with Gasteiger partial charge < -0.3 is 15.4 Å². The lowest BCUT2D eigenvalue weighted by Crippen LogP contribution is -2.17. The lowest BCUT2D eigenvalue weighted by molar-refractivity contribution is 0.102. The minimum absolute atomic E-state index is 0.290. The molecule has 23 heavy (non-hydrogen) atoms. The Kier molecular flexibility index (Phi) is 5.91. The van der Waals surface area contributed by atoms with Gasteiger partial charge in [-0.05, 0) is 38.5 Å². The van der Waals surface area contributed by atoms with E-state index in [1.54, 1.807) is 12.1 Å². The number of amides is 1. The number of nitrogens with one attached hydrogen (secondary N) is 2. The first-order valence-electron chi connectivity index (χ1n) is 7.76. The van der Waals surface area contributed by atoms with Crippen LogP contribution < -0.4 is 15.4 Å². The number of hydrogen-bond acceptors (Lipinski definition) is 5. The zero-order valence-electron chi connectivity index (χ0n) is 13.7. The van der Waals surface area contributed by atoms with Crippen LogP contribution in [-0.2, 0) is 0 Å². The van der Waals surface area contributed by atoms with Crippen molar-refractivity contribution in [2.24, 2.45) is 0 Å². The SMILES string of the molecule is CCCNc1nc(C)cc(C(=O)Nc2ccccc2OCC)n1. The largest absolute Gasteiger partial charge is 0.492 e. The molecule has 0 fully saturated rings. The monoisotopic (exact) mass is 314 g/mol. The van der Waals surface area contributed by atoms with Gasteiger partial charge in [0, 0.05) is 12.2 Å². The molecule has 6 nitrogen and oxygen atoms in total. The van der Waals surface area contributed by atoms with E-state index in [-0.39, 0.29) is 5.91 Å². The summed E-state index contributed by atoms with van der Waals surface area (Å²) in [6.45, 7) is 7.09. The number of aromatic nitrogens is 2. The summed E-state index contributed by atoms with van der Waals surface area (Å²) in [5.74, 6) is 0.816. The highest BCUT2D eigenvalue weighted by Crippen LogP contribution is 2.24. The smallest absolute Gasteiger partial charge is 0.274 e. The Bertz CT molecular complexity index is 673. The third-order valence-corrected chi connectivity index (χ3v) is 3.06. The van der Waals surface area contributed by atoms with E-state index in [4.69, 9.17) is 4.74 Å². The van der Waals surface area contributed by atoms with Gasteiger partial charge in [-0.15, -0.1) is 0 Å². The molecular formula is C17H22N4O2. The fourth-order valence-electron chi connectivity index (χ4n) is 2.04. The second-order valence-electron chi connectivity index (χ2n) is 5.03. The standard InChI is InChI=1S/C17H22N4O2/c1-4-10-18-17-19-12(3)11-14(21-17)16(22)20-13-8-6-7-9-15(13)23-5-2/h6-9,11H,4-5,10H2,1-3H3,(H,20,22)(H,18,19,21). The predicted molar refractivity (Wildman–Crippen MR) is 91.1 cm³/mol. The van der Waals surface area contributed by atoms with Crippen molar-refractivity contribution in [1.82, 2.24) is 9.97 Å². The van der Waals surface area contributed by atoms with E-state index < -0.39 is 0 Å². The van der Waals surface area contributed by atoms with E-state index in [2.05, 4.69) is 27.5 Å². The number of aryl methyl sites for hydroxylation is 1. The first-order chi connectivity index (χ1) is 11.1. The Hall–Kier alpha value is -2.63. The van der Waals surface area contributed by atoms with E-state index in [0.29, 0.717) is 29.7 Å². The molecular weight excluding hydrogens is 292 g/mol. The minimum atomic E-state index is -0.290. The average molecular weight is 314 g/mol. The lowest BCUT2D eigenvalue weighted by atomic mass is 10.2. The summed E-state index contributed by atoms with van der Waals surface area (Å²) in [5, 5.41) is 5.94. The maximum absolute atomic E-state index is 12.5. The summed E-state index contributed by atoms with van der Waals surface area (Å²) < 4.78 is 5.51. The highest BCUT2D eigenvalue weighted by atomic mass is 16.5. The first kappa shape index (κ1) is 16.7. The molecule has 122 valence electrons. The van der Waals surface area contributed by atoms with Crippen molar-refractivity contribution < 1.29 is 9.53 Å². The van der Waals surface area contributed by atoms with Crippen molar-refractivity contribution >= 4 is 17.5 Å². The summed E-state index contributed by atoms with van der Waals surface area (Å²) in [5.41, 5.74) is 1.68. The van der Waals surface area contributed by atoms with Gasteiger partial charge in [0.1, 0.15) is 11.4 Å². The van der Waals surface area contributed by atoms with E-state index in [1.807, 2.05) is 32.0 Å². The fourth-order valence-corrected chi connectivity index (χ4v) is 2.04. The number of rotatable bonds is 7. The second-order valence-corrected chi connectivity index (χ2v) is 5.03. The minimum Gasteiger partial charge on any atom is -0.492 e. The van der Waals surface area contributed by atoms with Gasteiger partial charge >= 0.3 is 0 Å². The van der Waals surface area contributed by atoms with Crippen molar-refractivity contribution in [3.05, 3.63) is 41.7 Å². The molecule has 2 aromatic rings. The van der Waals surface area contributed by atoms with Gasteiger partial charge in [0.15, 0.2) is 0 Å². The van der Waals surface area contributed by atoms with Crippen LogP contribution in [0.5, 0.6) is 5.75 Å². The Morgan fingerprint density at radius 3 is 2.74 bits per heavy atom. The zero-order chi connectivity index (χ0) is 16.7. The number of benzene rings is 1. The average Bonchev–Trinajstić information content (AvgIpc) is 2.54. The number of para-hydroxylation sites is 2. The third-order valence-electron chi connectivity index (χ3n) is 3.06. The molecule has 0 aliphatic carbocycles. The molecule has 0 aliphatic heterocycles. The van der Waals surface area contributed by atoms with Crippen LogP contribution in [0.25, 0.3) is 0 Å². The van der Waals surface area contributed by atoms with Crippen LogP contribution in [0.2, 0.25) is 0 Å². The molecule has 0 saturated carbocycles. The van der Waals surface area contributed by atoms with Gasteiger partial charge in [0.05, 0.1) is 12.3 Å².